The molecule has 0 bridgehead atoms. The van der Waals surface area contributed by atoms with Crippen molar-refractivity contribution in [3.8, 4) is 11.8 Å². The first-order chi connectivity index (χ1) is 12.5. The average Bonchev–Trinajstić information content (AvgIpc) is 3.28. The molecule has 26 heavy (non-hydrogen) atoms. The maximum absolute atomic E-state index is 12.1. The molecule has 0 saturated carbocycles. The van der Waals surface area contributed by atoms with Crippen molar-refractivity contribution in [2.45, 2.75) is 19.1 Å². The van der Waals surface area contributed by atoms with Crippen LogP contribution in [0.3, 0.4) is 0 Å². The summed E-state index contributed by atoms with van der Waals surface area (Å²) in [6.07, 6.45) is 0.162. The topological polar surface area (TPSA) is 105 Å². The second kappa shape index (κ2) is 7.19. The smallest absolute Gasteiger partial charge is 0.414 e. The van der Waals surface area contributed by atoms with Gasteiger partial charge in [-0.3, -0.25) is 4.90 Å². The summed E-state index contributed by atoms with van der Waals surface area (Å²) in [6, 6.07) is 10.2. The fourth-order valence-corrected chi connectivity index (χ4v) is 2.62. The summed E-state index contributed by atoms with van der Waals surface area (Å²) in [6.45, 7) is 2.10. The highest BCUT2D eigenvalue weighted by molar-refractivity contribution is 5.90. The number of nitrogens with zero attached hydrogens (tertiary/aromatic N) is 2. The second-order valence-electron chi connectivity index (χ2n) is 5.76. The molecule has 8 heteroatoms. The van der Waals surface area contributed by atoms with Crippen LogP contribution in [0.2, 0.25) is 0 Å². The Morgan fingerprint density at radius 1 is 1.42 bits per heavy atom. The van der Waals surface area contributed by atoms with Crippen LogP contribution in [0.1, 0.15) is 23.0 Å². The molecule has 0 spiro atoms. The summed E-state index contributed by atoms with van der Waals surface area (Å²) in [5.41, 5.74) is 1.44. The number of nitrogens with one attached hydrogen (secondary N) is 1. The van der Waals surface area contributed by atoms with Gasteiger partial charge in [-0.2, -0.15) is 5.26 Å². The molecule has 1 aromatic carbocycles. The lowest BCUT2D eigenvalue weighted by Crippen LogP contribution is -2.33. The SMILES string of the molecule is COC(=O)c1cc(OC(C)C2CN(c3ccc(C#N)cc3)C(=O)O2)c[nH]1. The number of cyclic esters (lactones) is 1. The van der Waals surface area contributed by atoms with Crippen LogP contribution in [0, 0.1) is 11.3 Å². The second-order valence-corrected chi connectivity index (χ2v) is 5.76. The lowest BCUT2D eigenvalue weighted by molar-refractivity contribution is 0.0576. The fourth-order valence-electron chi connectivity index (χ4n) is 2.62. The van der Waals surface area contributed by atoms with Crippen molar-refractivity contribution in [2.75, 3.05) is 18.6 Å². The van der Waals surface area contributed by atoms with Gasteiger partial charge in [0.05, 0.1) is 25.3 Å². The molecule has 1 N–H and O–H groups in total. The highest BCUT2D eigenvalue weighted by Gasteiger charge is 2.36. The van der Waals surface area contributed by atoms with Crippen molar-refractivity contribution in [1.29, 1.82) is 5.26 Å². The minimum Gasteiger partial charge on any atom is -0.485 e. The Morgan fingerprint density at radius 3 is 2.81 bits per heavy atom. The van der Waals surface area contributed by atoms with Gasteiger partial charge in [0.2, 0.25) is 0 Å². The van der Waals surface area contributed by atoms with Crippen molar-refractivity contribution in [2.24, 2.45) is 0 Å². The molecule has 1 aromatic heterocycles. The molecule has 1 fully saturated rings. The van der Waals surface area contributed by atoms with Crippen LogP contribution in [0.25, 0.3) is 0 Å². The number of esters is 1. The largest absolute Gasteiger partial charge is 0.485 e. The summed E-state index contributed by atoms with van der Waals surface area (Å²) in [5, 5.41) is 8.85. The summed E-state index contributed by atoms with van der Waals surface area (Å²) in [7, 11) is 1.29. The third-order valence-corrected chi connectivity index (χ3v) is 4.05. The number of ether oxygens (including phenoxy) is 3. The van der Waals surface area contributed by atoms with Gasteiger partial charge in [0.15, 0.2) is 6.10 Å². The van der Waals surface area contributed by atoms with Crippen LogP contribution < -0.4 is 9.64 Å². The minimum atomic E-state index is -0.494. The zero-order valence-corrected chi connectivity index (χ0v) is 14.3. The van der Waals surface area contributed by atoms with Crippen LogP contribution in [0.5, 0.6) is 5.75 Å². The molecule has 134 valence electrons. The van der Waals surface area contributed by atoms with E-state index in [0.29, 0.717) is 23.5 Å². The van der Waals surface area contributed by atoms with E-state index in [4.69, 9.17) is 14.7 Å². The van der Waals surface area contributed by atoms with E-state index in [1.165, 1.54) is 24.3 Å². The van der Waals surface area contributed by atoms with Gasteiger partial charge in [-0.15, -0.1) is 0 Å². The van der Waals surface area contributed by atoms with Gasteiger partial charge in [-0.1, -0.05) is 0 Å². The Morgan fingerprint density at radius 2 is 2.15 bits per heavy atom. The third kappa shape index (κ3) is 3.47. The number of anilines is 1. The molecule has 2 aromatic rings. The molecule has 0 radical (unpaired) electrons. The number of amides is 1. The zero-order valence-electron chi connectivity index (χ0n) is 14.3. The van der Waals surface area contributed by atoms with Crippen LogP contribution in [-0.2, 0) is 9.47 Å². The van der Waals surface area contributed by atoms with Crippen molar-refractivity contribution in [3.63, 3.8) is 0 Å². The van der Waals surface area contributed by atoms with Gasteiger partial charge in [-0.05, 0) is 31.2 Å². The Labute approximate surface area is 149 Å². The van der Waals surface area contributed by atoms with E-state index in [2.05, 4.69) is 9.72 Å². The van der Waals surface area contributed by atoms with E-state index in [0.717, 1.165) is 0 Å². The summed E-state index contributed by atoms with van der Waals surface area (Å²) in [4.78, 5) is 27.8. The van der Waals surface area contributed by atoms with Crippen molar-refractivity contribution >= 4 is 17.7 Å². The summed E-state index contributed by atoms with van der Waals surface area (Å²) in [5.74, 6) is -0.0439. The van der Waals surface area contributed by atoms with Gasteiger partial charge < -0.3 is 19.2 Å². The summed E-state index contributed by atoms with van der Waals surface area (Å²) < 4.78 is 15.8. The lowest BCUT2D eigenvalue weighted by Gasteiger charge is -2.18. The first kappa shape index (κ1) is 17.4. The third-order valence-electron chi connectivity index (χ3n) is 4.05. The van der Waals surface area contributed by atoms with Crippen molar-refractivity contribution in [1.82, 2.24) is 4.98 Å². The normalized spacial score (nSPS) is 17.3. The number of hydrogen-bond donors (Lipinski definition) is 1. The summed E-state index contributed by atoms with van der Waals surface area (Å²) >= 11 is 0. The first-order valence-corrected chi connectivity index (χ1v) is 7.93. The maximum atomic E-state index is 12.1. The Balaban J connectivity index is 1.64. The highest BCUT2D eigenvalue weighted by Crippen LogP contribution is 2.25. The number of nitriles is 1. The number of hydrogen-bond acceptors (Lipinski definition) is 6. The molecule has 1 aliphatic rings. The number of H-pyrrole nitrogens is 1. The van der Waals surface area contributed by atoms with Crippen molar-refractivity contribution < 1.29 is 23.8 Å². The molecule has 2 heterocycles. The number of methoxy groups -OCH3 is 1. The van der Waals surface area contributed by atoms with Gasteiger partial charge >= 0.3 is 12.1 Å². The van der Waals surface area contributed by atoms with E-state index in [1.54, 1.807) is 31.2 Å². The predicted molar refractivity (Wildman–Crippen MR) is 91.0 cm³/mol. The molecule has 1 aliphatic heterocycles. The Kier molecular flexibility index (Phi) is 4.80. The molecule has 8 nitrogen and oxygen atoms in total. The van der Waals surface area contributed by atoms with E-state index in [9.17, 15) is 9.59 Å². The number of aromatic amines is 1. The van der Waals surface area contributed by atoms with E-state index in [1.807, 2.05) is 6.07 Å². The molecular formula is C18H17N3O5. The molecule has 3 rings (SSSR count). The van der Waals surface area contributed by atoms with Crippen LogP contribution in [0.4, 0.5) is 10.5 Å². The monoisotopic (exact) mass is 355 g/mol. The lowest BCUT2D eigenvalue weighted by atomic mass is 10.2. The molecular weight excluding hydrogens is 338 g/mol. The molecule has 1 saturated heterocycles. The number of carbonyl (C=O) groups is 2. The zero-order chi connectivity index (χ0) is 18.7. The number of carbonyl (C=O) groups excluding carboxylic acids is 2. The Hall–Kier alpha value is -3.47. The average molecular weight is 355 g/mol. The number of benzene rings is 1. The van der Waals surface area contributed by atoms with Gasteiger partial charge in [0.1, 0.15) is 17.5 Å². The molecule has 0 aliphatic carbocycles. The number of rotatable bonds is 5. The van der Waals surface area contributed by atoms with Crippen LogP contribution in [0.15, 0.2) is 36.5 Å². The number of aromatic nitrogens is 1. The highest BCUT2D eigenvalue weighted by atomic mass is 16.6. The quantitative estimate of drug-likeness (QED) is 0.826. The first-order valence-electron chi connectivity index (χ1n) is 7.93. The fraction of sp³-hybridized carbons (Fsp3) is 0.278. The molecule has 2 unspecified atom stereocenters. The minimum absolute atomic E-state index is 0.275. The van der Waals surface area contributed by atoms with Gasteiger partial charge in [-0.25, -0.2) is 9.59 Å². The van der Waals surface area contributed by atoms with E-state index in [-0.39, 0.29) is 5.69 Å². The van der Waals surface area contributed by atoms with Gasteiger partial charge in [0, 0.05) is 18.0 Å². The maximum Gasteiger partial charge on any atom is 0.414 e. The van der Waals surface area contributed by atoms with Gasteiger partial charge in [0.25, 0.3) is 0 Å². The van der Waals surface area contributed by atoms with Crippen LogP contribution >= 0.6 is 0 Å². The standard InChI is InChI=1S/C18H17N3O5/c1-11(25-14-7-15(20-9-14)17(22)24-2)16-10-21(18(23)26-16)13-5-3-12(8-19)4-6-13/h3-7,9,11,16,20H,10H2,1-2H3. The van der Waals surface area contributed by atoms with Crippen LogP contribution in [-0.4, -0.2) is 42.9 Å². The van der Waals surface area contributed by atoms with E-state index < -0.39 is 24.3 Å². The van der Waals surface area contributed by atoms with Crippen molar-refractivity contribution in [3.05, 3.63) is 47.8 Å². The van der Waals surface area contributed by atoms with E-state index >= 15 is 0 Å². The molecule has 1 amide bonds. The predicted octanol–water partition coefficient (Wildman–Crippen LogP) is 2.47. The Bertz CT molecular complexity index is 852. The molecule has 2 atom stereocenters.